The zero-order valence-corrected chi connectivity index (χ0v) is 16.3. The van der Waals surface area contributed by atoms with Crippen molar-refractivity contribution in [1.29, 1.82) is 0 Å². The summed E-state index contributed by atoms with van der Waals surface area (Å²) in [4.78, 5) is 24.2. The Bertz CT molecular complexity index is 867. The number of aliphatic hydroxyl groups is 1. The second-order valence-corrected chi connectivity index (χ2v) is 7.63. The first-order valence-corrected chi connectivity index (χ1v) is 9.93. The van der Waals surface area contributed by atoms with Crippen molar-refractivity contribution in [1.82, 2.24) is 5.32 Å². The number of carboxylic acids is 1. The van der Waals surface area contributed by atoms with Gasteiger partial charge < -0.3 is 15.5 Å². The maximum absolute atomic E-state index is 12.7. The molecule has 3 N–H and O–H groups in total. The van der Waals surface area contributed by atoms with E-state index in [-0.39, 0.29) is 17.4 Å². The molecule has 0 heterocycles. The average Bonchev–Trinajstić information content (AvgIpc) is 2.90. The minimum Gasteiger partial charge on any atom is -0.478 e. The quantitative estimate of drug-likeness (QED) is 0.649. The van der Waals surface area contributed by atoms with Crippen LogP contribution in [0.25, 0.3) is 11.1 Å². The van der Waals surface area contributed by atoms with E-state index in [1.165, 1.54) is 6.07 Å². The van der Waals surface area contributed by atoms with E-state index in [1.807, 2.05) is 0 Å². The molecule has 1 amide bonds. The van der Waals surface area contributed by atoms with Crippen molar-refractivity contribution in [3.05, 3.63) is 58.6 Å². The van der Waals surface area contributed by atoms with Gasteiger partial charge in [-0.15, -0.1) is 0 Å². The lowest BCUT2D eigenvalue weighted by Gasteiger charge is -2.21. The van der Waals surface area contributed by atoms with Crippen LogP contribution in [0.1, 0.15) is 52.8 Å². The first-order valence-electron chi connectivity index (χ1n) is 9.56. The van der Waals surface area contributed by atoms with Crippen LogP contribution in [0.4, 0.5) is 0 Å². The van der Waals surface area contributed by atoms with Gasteiger partial charge in [-0.05, 0) is 42.2 Å². The molecule has 1 fully saturated rings. The number of aliphatic hydroxyl groups excluding tert-OH is 1. The van der Waals surface area contributed by atoms with Crippen molar-refractivity contribution in [2.45, 2.75) is 38.2 Å². The highest BCUT2D eigenvalue weighted by Crippen LogP contribution is 2.28. The number of carbonyl (C=O) groups is 2. The molecule has 28 heavy (non-hydrogen) atoms. The summed E-state index contributed by atoms with van der Waals surface area (Å²) in [5.74, 6) is -1.31. The van der Waals surface area contributed by atoms with Crippen molar-refractivity contribution in [3.63, 3.8) is 0 Å². The van der Waals surface area contributed by atoms with E-state index in [0.29, 0.717) is 28.3 Å². The van der Waals surface area contributed by atoms with Crippen LogP contribution in [0.3, 0.4) is 0 Å². The van der Waals surface area contributed by atoms with E-state index in [4.69, 9.17) is 11.6 Å². The highest BCUT2D eigenvalue weighted by Gasteiger charge is 2.23. The number of aromatic carboxylic acids is 1. The Morgan fingerprint density at radius 2 is 1.79 bits per heavy atom. The van der Waals surface area contributed by atoms with E-state index in [9.17, 15) is 19.8 Å². The van der Waals surface area contributed by atoms with Gasteiger partial charge in [0.25, 0.3) is 5.91 Å². The number of halogens is 1. The number of benzene rings is 2. The summed E-state index contributed by atoms with van der Waals surface area (Å²) in [5.41, 5.74) is 1.60. The fourth-order valence-corrected chi connectivity index (χ4v) is 3.91. The second-order valence-electron chi connectivity index (χ2n) is 7.22. The molecule has 0 saturated heterocycles. The van der Waals surface area contributed by atoms with E-state index in [0.717, 1.165) is 32.1 Å². The van der Waals surface area contributed by atoms with Gasteiger partial charge in [-0.2, -0.15) is 0 Å². The van der Waals surface area contributed by atoms with Crippen LogP contribution in [0, 0.1) is 5.92 Å². The summed E-state index contributed by atoms with van der Waals surface area (Å²) in [5, 5.41) is 22.8. The smallest absolute Gasteiger partial charge is 0.336 e. The standard InChI is InChI=1S/C22H24ClNO4/c23-19-11-10-14(16-7-4-5-8-17(16)22(27)28)12-18(19)21(26)24-13-15-6-2-1-3-9-20(15)25/h4-5,7-8,10-12,15,20,25H,1-3,6,9,13H2,(H,24,26)(H,27,28). The number of carboxylic acid groups (broad SMARTS) is 1. The minimum absolute atomic E-state index is 0.0427. The zero-order valence-electron chi connectivity index (χ0n) is 15.5. The van der Waals surface area contributed by atoms with Crippen LogP contribution in [0.2, 0.25) is 5.02 Å². The van der Waals surface area contributed by atoms with Crippen molar-refractivity contribution in [2.24, 2.45) is 5.92 Å². The average molecular weight is 402 g/mol. The lowest BCUT2D eigenvalue weighted by atomic mass is 9.96. The number of hydrogen-bond acceptors (Lipinski definition) is 3. The van der Waals surface area contributed by atoms with Crippen LogP contribution in [-0.4, -0.2) is 34.7 Å². The molecule has 6 heteroatoms. The lowest BCUT2D eigenvalue weighted by molar-refractivity contribution is 0.0697. The molecule has 148 valence electrons. The van der Waals surface area contributed by atoms with Crippen molar-refractivity contribution in [2.75, 3.05) is 6.54 Å². The molecule has 2 unspecified atom stereocenters. The van der Waals surface area contributed by atoms with Gasteiger partial charge >= 0.3 is 5.97 Å². The molecule has 2 atom stereocenters. The molecule has 2 aromatic rings. The summed E-state index contributed by atoms with van der Waals surface area (Å²) >= 11 is 6.23. The van der Waals surface area contributed by atoms with E-state index < -0.39 is 12.1 Å². The fraction of sp³-hybridized carbons (Fsp3) is 0.364. The molecular formula is C22H24ClNO4. The summed E-state index contributed by atoms with van der Waals surface area (Å²) in [6.07, 6.45) is 4.44. The lowest BCUT2D eigenvalue weighted by Crippen LogP contribution is -2.34. The summed E-state index contributed by atoms with van der Waals surface area (Å²) in [6, 6.07) is 11.6. The Morgan fingerprint density at radius 3 is 2.57 bits per heavy atom. The molecule has 3 rings (SSSR count). The predicted molar refractivity (Wildman–Crippen MR) is 109 cm³/mol. The molecule has 1 aliphatic rings. The van der Waals surface area contributed by atoms with Crippen LogP contribution < -0.4 is 5.32 Å². The first-order chi connectivity index (χ1) is 13.5. The Labute approximate surface area is 169 Å². The molecule has 0 aromatic heterocycles. The Balaban J connectivity index is 1.80. The highest BCUT2D eigenvalue weighted by atomic mass is 35.5. The number of nitrogens with one attached hydrogen (secondary N) is 1. The third-order valence-corrected chi connectivity index (χ3v) is 5.65. The maximum atomic E-state index is 12.7. The third kappa shape index (κ3) is 4.72. The van der Waals surface area contributed by atoms with Gasteiger partial charge in [-0.1, -0.05) is 55.1 Å². The monoisotopic (exact) mass is 401 g/mol. The molecule has 0 bridgehead atoms. The molecular weight excluding hydrogens is 378 g/mol. The Morgan fingerprint density at radius 1 is 1.04 bits per heavy atom. The van der Waals surface area contributed by atoms with Crippen LogP contribution >= 0.6 is 11.6 Å². The van der Waals surface area contributed by atoms with E-state index in [1.54, 1.807) is 36.4 Å². The normalized spacial score (nSPS) is 19.6. The van der Waals surface area contributed by atoms with Crippen molar-refractivity contribution in [3.8, 4) is 11.1 Å². The van der Waals surface area contributed by atoms with Crippen LogP contribution in [0.15, 0.2) is 42.5 Å². The number of carbonyl (C=O) groups excluding carboxylic acids is 1. The van der Waals surface area contributed by atoms with Gasteiger partial charge in [0, 0.05) is 12.5 Å². The summed E-state index contributed by atoms with van der Waals surface area (Å²) in [6.45, 7) is 0.395. The molecule has 0 spiro atoms. The molecule has 0 aliphatic heterocycles. The number of rotatable bonds is 5. The van der Waals surface area contributed by atoms with Crippen molar-refractivity contribution >= 4 is 23.5 Å². The van der Waals surface area contributed by atoms with Crippen molar-refractivity contribution < 1.29 is 19.8 Å². The predicted octanol–water partition coefficient (Wildman–Crippen LogP) is 4.38. The first kappa shape index (κ1) is 20.4. The van der Waals surface area contributed by atoms with Gasteiger partial charge in [0.15, 0.2) is 0 Å². The van der Waals surface area contributed by atoms with E-state index >= 15 is 0 Å². The molecule has 5 nitrogen and oxygen atoms in total. The topological polar surface area (TPSA) is 86.6 Å². The fourth-order valence-electron chi connectivity index (χ4n) is 3.71. The maximum Gasteiger partial charge on any atom is 0.336 e. The molecule has 1 aliphatic carbocycles. The van der Waals surface area contributed by atoms with Gasteiger partial charge in [-0.25, -0.2) is 4.79 Å². The zero-order chi connectivity index (χ0) is 20.1. The van der Waals surface area contributed by atoms with Crippen LogP contribution in [-0.2, 0) is 0 Å². The number of hydrogen-bond donors (Lipinski definition) is 3. The Hall–Kier alpha value is -2.37. The van der Waals surface area contributed by atoms with Crippen LogP contribution in [0.5, 0.6) is 0 Å². The molecule has 0 radical (unpaired) electrons. The second kappa shape index (κ2) is 9.22. The third-order valence-electron chi connectivity index (χ3n) is 5.32. The summed E-state index contributed by atoms with van der Waals surface area (Å²) < 4.78 is 0. The largest absolute Gasteiger partial charge is 0.478 e. The van der Waals surface area contributed by atoms with Gasteiger partial charge in [-0.3, -0.25) is 4.79 Å². The molecule has 1 saturated carbocycles. The summed E-state index contributed by atoms with van der Waals surface area (Å²) in [7, 11) is 0. The molecule has 2 aromatic carbocycles. The minimum atomic E-state index is -1.03. The SMILES string of the molecule is O=C(NCC1CCCCCC1O)c1cc(-c2ccccc2C(=O)O)ccc1Cl. The van der Waals surface area contributed by atoms with E-state index in [2.05, 4.69) is 5.32 Å². The Kier molecular flexibility index (Phi) is 6.70. The highest BCUT2D eigenvalue weighted by molar-refractivity contribution is 6.34. The van der Waals surface area contributed by atoms with Gasteiger partial charge in [0.2, 0.25) is 0 Å². The van der Waals surface area contributed by atoms with Gasteiger partial charge in [0.1, 0.15) is 0 Å². The number of amides is 1. The van der Waals surface area contributed by atoms with Gasteiger partial charge in [0.05, 0.1) is 22.3 Å².